The second-order valence-corrected chi connectivity index (χ2v) is 23.3. The van der Waals surface area contributed by atoms with Crippen LogP contribution in [0.1, 0.15) is 124 Å². The van der Waals surface area contributed by atoms with Crippen molar-refractivity contribution >= 4 is 98.3 Å². The average Bonchev–Trinajstić information content (AvgIpc) is 4.17. The Hall–Kier alpha value is -7.22. The molecule has 0 spiro atoms. The number of anilines is 2. The van der Waals surface area contributed by atoms with Gasteiger partial charge in [-0.15, -0.1) is 34.9 Å². The van der Waals surface area contributed by atoms with E-state index in [1.807, 2.05) is 32.1 Å². The summed E-state index contributed by atoms with van der Waals surface area (Å²) >= 11 is 4.21. The van der Waals surface area contributed by atoms with E-state index in [9.17, 15) is 43.8 Å². The number of hydrogen-bond donors (Lipinski definition) is 9. The number of unbranched alkanes of at least 4 members (excludes halogenated alkanes) is 4. The van der Waals surface area contributed by atoms with Crippen LogP contribution in [0.4, 0.5) is 11.6 Å². The van der Waals surface area contributed by atoms with Crippen molar-refractivity contribution in [3.05, 3.63) is 105 Å². The topological polar surface area (TPSA) is 335 Å². The number of ether oxygens (including phenoxy) is 1. The Labute approximate surface area is 475 Å². The smallest absolute Gasteiger partial charge is 0.326 e. The number of H-pyrrole nitrogens is 1. The first-order valence-electron chi connectivity index (χ1n) is 26.6. The summed E-state index contributed by atoms with van der Waals surface area (Å²) in [7, 11) is 0. The minimum Gasteiger partial charge on any atom is -0.480 e. The van der Waals surface area contributed by atoms with Crippen LogP contribution < -0.4 is 37.9 Å². The summed E-state index contributed by atoms with van der Waals surface area (Å²) in [6.07, 6.45) is 11.6. The number of aromatic amines is 1. The molecule has 3 aromatic heterocycles. The fourth-order valence-corrected chi connectivity index (χ4v) is 11.6. The number of aliphatic hydroxyl groups is 1. The van der Waals surface area contributed by atoms with E-state index >= 15 is 0 Å². The van der Waals surface area contributed by atoms with Crippen molar-refractivity contribution in [1.82, 2.24) is 46.2 Å². The zero-order valence-corrected chi connectivity index (χ0v) is 47.5. The van der Waals surface area contributed by atoms with Gasteiger partial charge in [0.1, 0.15) is 40.0 Å². The van der Waals surface area contributed by atoms with E-state index in [1.54, 1.807) is 37.3 Å². The number of carboxylic acid groups (broad SMARTS) is 1. The van der Waals surface area contributed by atoms with Gasteiger partial charge in [0.2, 0.25) is 23.7 Å². The second kappa shape index (κ2) is 28.8. The molecule has 0 fully saturated rings. The number of nitrogens with zero attached hydrogens (tertiary/aromatic N) is 5. The monoisotopic (exact) mass is 1150 g/mol. The maximum atomic E-state index is 14.0. The van der Waals surface area contributed by atoms with Gasteiger partial charge in [-0.2, -0.15) is 4.98 Å². The lowest BCUT2D eigenvalue weighted by atomic mass is 9.99. The van der Waals surface area contributed by atoms with Crippen molar-refractivity contribution in [2.45, 2.75) is 141 Å². The van der Waals surface area contributed by atoms with Crippen LogP contribution in [-0.2, 0) is 48.4 Å². The van der Waals surface area contributed by atoms with Gasteiger partial charge in [0.25, 0.3) is 11.5 Å². The Morgan fingerprint density at radius 1 is 0.988 bits per heavy atom. The van der Waals surface area contributed by atoms with Crippen molar-refractivity contribution in [2.24, 2.45) is 10.9 Å². The SMILES string of the molecule is CCCCCCCC(O)SCC/C=C/C1CC(=O)NCc2nc(c(-c3ccc(COC(=O)CC[C@H](NC(=O)c4ccc(NCc5cnc6nc(N)[nH]c(=O)c6n5)cc4)C(=O)O)cc3)s2)C2=N[C@@](C)(CS2)C(=O)N[C@@H](C(C)C)C(=O)N1. The summed E-state index contributed by atoms with van der Waals surface area (Å²) in [6.45, 7) is 7.74. The van der Waals surface area contributed by atoms with Gasteiger partial charge in [-0.25, -0.2) is 19.7 Å². The lowest BCUT2D eigenvalue weighted by Gasteiger charge is -2.27. The number of carboxylic acids is 1. The Bertz CT molecular complexity index is 3130. The lowest BCUT2D eigenvalue weighted by molar-refractivity contribution is -0.146. The van der Waals surface area contributed by atoms with E-state index in [0.29, 0.717) is 50.6 Å². The highest BCUT2D eigenvalue weighted by Crippen LogP contribution is 2.38. The van der Waals surface area contributed by atoms with Crippen LogP contribution >= 0.6 is 34.9 Å². The number of amides is 4. The molecule has 0 radical (unpaired) electrons. The number of hydrogen-bond acceptors (Lipinski definition) is 19. The second-order valence-electron chi connectivity index (χ2n) is 20.0. The standard InChI is InChI=1S/C55H68N12O10S3/c1-5-6-7-8-9-13-42(70)78-24-11-10-12-36-25-39(68)58-28-40-63-44(51-67-55(4,30-79-51)53(76)64-43(31(2)3)49(72)61-36)46(80-40)33-16-14-32(15-17-33)29-77-41(69)23-22-38(52(74)75)62-48(71)34-18-20-35(21-19-34)57-26-37-27-59-47-45(60-37)50(73)66-54(56)65-47/h10,12,14-21,27,31,36,38,42-43,57,70H,5-9,11,13,22-26,28-30H2,1-4H3,(H,58,68)(H,61,72)(H,62,71)(H,64,76)(H,74,75)(H3,56,59,65,66,73)/b12-10+/t36?,38-,42?,43-,55-/m0/s1. The maximum Gasteiger partial charge on any atom is 0.326 e. The zero-order chi connectivity index (χ0) is 57.3. The van der Waals surface area contributed by atoms with Crippen LogP contribution in [0.15, 0.2) is 76.7 Å². The molecule has 7 rings (SSSR count). The number of rotatable bonds is 24. The molecule has 80 heavy (non-hydrogen) atoms. The predicted molar refractivity (Wildman–Crippen MR) is 310 cm³/mol. The maximum absolute atomic E-state index is 14.0. The number of thiazole rings is 1. The van der Waals surface area contributed by atoms with Crippen LogP contribution in [0.25, 0.3) is 21.6 Å². The minimum atomic E-state index is -1.39. The zero-order valence-electron chi connectivity index (χ0n) is 45.0. The Kier molecular flexibility index (Phi) is 21.7. The van der Waals surface area contributed by atoms with Gasteiger partial charge in [-0.3, -0.25) is 38.7 Å². The van der Waals surface area contributed by atoms with Gasteiger partial charge in [-0.1, -0.05) is 89.3 Å². The summed E-state index contributed by atoms with van der Waals surface area (Å²) in [5, 5.41) is 36.0. The van der Waals surface area contributed by atoms with Gasteiger partial charge in [0.05, 0.1) is 47.8 Å². The molecular weight excluding hydrogens is 1080 g/mol. The molecule has 25 heteroatoms. The summed E-state index contributed by atoms with van der Waals surface area (Å²) in [5.41, 5.74) is 6.70. The van der Waals surface area contributed by atoms with Crippen LogP contribution in [0, 0.1) is 5.92 Å². The third kappa shape index (κ3) is 17.1. The minimum absolute atomic E-state index is 0.0345. The number of esters is 1. The van der Waals surface area contributed by atoms with Crippen LogP contribution in [0.5, 0.6) is 0 Å². The molecule has 4 bridgehead atoms. The van der Waals surface area contributed by atoms with Crippen LogP contribution in [-0.4, -0.2) is 116 Å². The summed E-state index contributed by atoms with van der Waals surface area (Å²) in [5.74, 6) is -3.20. The normalized spacial score (nSPS) is 18.5. The number of nitrogens with one attached hydrogen (secondary N) is 6. The molecule has 0 saturated heterocycles. The number of aliphatic carboxylic acids is 1. The average molecular weight is 1150 g/mol. The number of carbonyl (C=O) groups excluding carboxylic acids is 5. The van der Waals surface area contributed by atoms with E-state index < -0.39 is 64.3 Å². The van der Waals surface area contributed by atoms with Gasteiger partial charge < -0.3 is 47.3 Å². The molecule has 426 valence electrons. The summed E-state index contributed by atoms with van der Waals surface area (Å²) in [6, 6.07) is 10.5. The number of carbonyl (C=O) groups is 6. The number of nitrogens with two attached hydrogens (primary N) is 1. The molecule has 0 aliphatic carbocycles. The quantitative estimate of drug-likeness (QED) is 0.0148. The van der Waals surface area contributed by atoms with Gasteiger partial charge in [-0.05, 0) is 73.2 Å². The molecule has 4 amide bonds. The molecular formula is C55H68N12O10S3. The van der Waals surface area contributed by atoms with E-state index in [-0.39, 0.29) is 73.5 Å². The van der Waals surface area contributed by atoms with Crippen molar-refractivity contribution < 1.29 is 43.7 Å². The molecule has 2 unspecified atom stereocenters. The number of thioether (sulfide) groups is 2. The van der Waals surface area contributed by atoms with Crippen LogP contribution in [0.3, 0.4) is 0 Å². The highest BCUT2D eigenvalue weighted by atomic mass is 32.2. The Balaban J connectivity index is 0.939. The van der Waals surface area contributed by atoms with Gasteiger partial charge >= 0.3 is 11.9 Å². The van der Waals surface area contributed by atoms with E-state index in [1.165, 1.54) is 72.5 Å². The fraction of sp³-hybridized carbons (Fsp3) is 0.455. The number of aromatic nitrogens is 5. The van der Waals surface area contributed by atoms with E-state index in [4.69, 9.17) is 20.4 Å². The first kappa shape index (κ1) is 60.4. The van der Waals surface area contributed by atoms with Crippen molar-refractivity contribution in [1.29, 1.82) is 0 Å². The van der Waals surface area contributed by atoms with Crippen molar-refractivity contribution in [3.8, 4) is 10.4 Å². The van der Waals surface area contributed by atoms with Crippen molar-refractivity contribution in [2.75, 3.05) is 22.6 Å². The molecule has 5 atom stereocenters. The highest BCUT2D eigenvalue weighted by Gasteiger charge is 2.42. The first-order chi connectivity index (χ1) is 38.4. The lowest BCUT2D eigenvalue weighted by Crippen LogP contribution is -2.56. The summed E-state index contributed by atoms with van der Waals surface area (Å²) in [4.78, 5) is 117. The molecule has 0 saturated carbocycles. The van der Waals surface area contributed by atoms with E-state index in [2.05, 4.69) is 53.4 Å². The number of aliphatic hydroxyl groups excluding tert-OH is 1. The third-order valence-corrected chi connectivity index (χ3v) is 16.5. The fourth-order valence-electron chi connectivity index (χ4n) is 8.51. The molecule has 22 nitrogen and oxygen atoms in total. The highest BCUT2D eigenvalue weighted by molar-refractivity contribution is 8.14. The molecule has 5 aromatic rings. The first-order valence-corrected chi connectivity index (χ1v) is 29.4. The number of nitrogen functional groups attached to an aromatic ring is 1. The summed E-state index contributed by atoms with van der Waals surface area (Å²) < 4.78 is 5.51. The third-order valence-electron chi connectivity index (χ3n) is 13.1. The molecule has 5 heterocycles. The molecule has 2 aromatic carbocycles. The molecule has 10 N–H and O–H groups in total. The van der Waals surface area contributed by atoms with Gasteiger partial charge in [0.15, 0.2) is 11.2 Å². The van der Waals surface area contributed by atoms with Crippen molar-refractivity contribution in [3.63, 3.8) is 0 Å². The number of benzene rings is 2. The number of aliphatic imine (C=N–C) groups is 1. The van der Waals surface area contributed by atoms with E-state index in [0.717, 1.165) is 29.7 Å². The number of allylic oxidation sites excluding steroid dienone is 1. The van der Waals surface area contributed by atoms with Crippen LogP contribution in [0.2, 0.25) is 0 Å². The number of fused-ring (bicyclic) bond motifs is 5. The Morgan fingerprint density at radius 3 is 2.49 bits per heavy atom. The Morgan fingerprint density at radius 2 is 1.75 bits per heavy atom. The molecule has 2 aliphatic rings. The molecule has 2 aliphatic heterocycles. The predicted octanol–water partition coefficient (Wildman–Crippen LogP) is 5.99. The largest absolute Gasteiger partial charge is 0.480 e. The van der Waals surface area contributed by atoms with Gasteiger partial charge in [0, 0.05) is 23.4 Å².